The maximum Gasteiger partial charge on any atom is 0.470 e. The number of carbonyl (C=O) groups is 1. The van der Waals surface area contributed by atoms with Gasteiger partial charge in [0.05, 0.1) is 1.37 Å². The number of alkyl halides is 7. The van der Waals surface area contributed by atoms with E-state index in [2.05, 4.69) is 4.74 Å². The van der Waals surface area contributed by atoms with Crippen LogP contribution in [0.2, 0.25) is 0 Å². The Balaban J connectivity index is 5.35. The lowest BCUT2D eigenvalue weighted by Gasteiger charge is -2.28. The van der Waals surface area contributed by atoms with Crippen molar-refractivity contribution >= 4 is 5.97 Å². The lowest BCUT2D eigenvalue weighted by molar-refractivity contribution is -0.416. The summed E-state index contributed by atoms with van der Waals surface area (Å²) in [5, 5.41) is 0. The highest BCUT2D eigenvalue weighted by atomic mass is 19.4. The Morgan fingerprint density at radius 3 is 1.69 bits per heavy atom. The van der Waals surface area contributed by atoms with Gasteiger partial charge in [-0.25, -0.2) is 4.79 Å². The van der Waals surface area contributed by atoms with Gasteiger partial charge in [0.2, 0.25) is 5.83 Å². The summed E-state index contributed by atoms with van der Waals surface area (Å²) in [4.78, 5) is 10.3. The monoisotopic (exact) mass is 259 g/mol. The average molecular weight is 259 g/mol. The van der Waals surface area contributed by atoms with E-state index in [1.807, 2.05) is 0 Å². The molecule has 94 valence electrons. The van der Waals surface area contributed by atoms with Crippen molar-refractivity contribution < 1.29 is 46.0 Å². The minimum atomic E-state index is -6.64. The van der Waals surface area contributed by atoms with Crippen molar-refractivity contribution in [1.29, 1.82) is 0 Å². The Morgan fingerprint density at radius 1 is 1.06 bits per heavy atom. The molecule has 10 heteroatoms. The van der Waals surface area contributed by atoms with Gasteiger partial charge in [-0.1, -0.05) is 6.55 Å². The van der Waals surface area contributed by atoms with E-state index in [0.717, 1.165) is 0 Å². The molecule has 0 heterocycles. The van der Waals surface area contributed by atoms with E-state index in [4.69, 9.17) is 1.37 Å². The molecule has 0 amide bonds. The lowest BCUT2D eigenvalue weighted by Crippen LogP contribution is -2.56. The van der Waals surface area contributed by atoms with Crippen LogP contribution < -0.4 is 0 Å². The van der Waals surface area contributed by atoms with Crippen LogP contribution in [0.25, 0.3) is 0 Å². The van der Waals surface area contributed by atoms with E-state index < -0.39 is 36.6 Å². The Morgan fingerprint density at radius 2 is 1.44 bits per heavy atom. The number of hydrogen-bond donors (Lipinski definition) is 0. The molecule has 0 N–H and O–H groups in total. The second-order valence-electron chi connectivity index (χ2n) is 2.33. The molecule has 0 fully saturated rings. The molecule has 0 atom stereocenters. The molecule has 2 nitrogen and oxygen atoms in total. The van der Waals surface area contributed by atoms with Gasteiger partial charge in [0.25, 0.3) is 0 Å². The summed E-state index contributed by atoms with van der Waals surface area (Å²) in [5.74, 6) is -11.6. The quantitative estimate of drug-likeness (QED) is 0.433. The van der Waals surface area contributed by atoms with Crippen LogP contribution in [-0.2, 0) is 9.53 Å². The summed E-state index contributed by atoms with van der Waals surface area (Å²) in [6.07, 6.45) is -13.3. The van der Waals surface area contributed by atoms with Crippen LogP contribution in [0, 0.1) is 0 Å². The van der Waals surface area contributed by atoms with E-state index >= 15 is 0 Å². The zero-order chi connectivity index (χ0) is 14.1. The molecule has 0 spiro atoms. The van der Waals surface area contributed by atoms with Gasteiger partial charge in [0, 0.05) is 0 Å². The van der Waals surface area contributed by atoms with Crippen LogP contribution in [0.4, 0.5) is 35.1 Å². The SMILES string of the molecule is [2H]/C=C(\F)C(=O)OC(F)(C(F)(F)F)C(F)(F)F. The number of carbonyl (C=O) groups excluding carboxylic acids is 1. The second-order valence-corrected chi connectivity index (χ2v) is 2.33. The van der Waals surface area contributed by atoms with Crippen molar-refractivity contribution in [2.45, 2.75) is 18.2 Å². The molecule has 0 radical (unpaired) electrons. The number of hydrogen-bond acceptors (Lipinski definition) is 2. The molecule has 16 heavy (non-hydrogen) atoms. The Hall–Kier alpha value is -1.35. The molecule has 0 aromatic heterocycles. The molecule has 0 saturated carbocycles. The number of ether oxygens (including phenoxy) is 1. The highest BCUT2D eigenvalue weighted by molar-refractivity contribution is 5.85. The predicted octanol–water partition coefficient (Wildman–Crippen LogP) is 2.80. The number of halogens is 8. The van der Waals surface area contributed by atoms with Crippen LogP contribution in [0.5, 0.6) is 0 Å². The smallest absolute Gasteiger partial charge is 0.407 e. The standard InChI is InChI=1S/C6H2F8O2/c1-2(7)3(15)16-4(8,5(9,10)11)6(12,13)14/h1H2/i1D/b2-1-. The van der Waals surface area contributed by atoms with Crippen LogP contribution in [-0.4, -0.2) is 24.2 Å². The minimum Gasteiger partial charge on any atom is -0.407 e. The third-order valence-corrected chi connectivity index (χ3v) is 1.16. The first kappa shape index (κ1) is 12.7. The first-order valence-electron chi connectivity index (χ1n) is 3.74. The van der Waals surface area contributed by atoms with Gasteiger partial charge in [0.15, 0.2) is 0 Å². The molecular weight excluding hydrogens is 256 g/mol. The van der Waals surface area contributed by atoms with Gasteiger partial charge >= 0.3 is 24.2 Å². The fraction of sp³-hybridized carbons (Fsp3) is 0.500. The Kier molecular flexibility index (Phi) is 3.10. The summed E-state index contributed by atoms with van der Waals surface area (Å²) in [6, 6.07) is 0. The maximum absolute atomic E-state index is 12.6. The van der Waals surface area contributed by atoms with Crippen molar-refractivity contribution in [3.8, 4) is 0 Å². The first-order valence-corrected chi connectivity index (χ1v) is 3.16. The van der Waals surface area contributed by atoms with E-state index in [9.17, 15) is 39.9 Å². The van der Waals surface area contributed by atoms with Crippen molar-refractivity contribution in [3.05, 3.63) is 12.4 Å². The fourth-order valence-corrected chi connectivity index (χ4v) is 0.453. The van der Waals surface area contributed by atoms with Crippen LogP contribution >= 0.6 is 0 Å². The number of rotatable bonds is 2. The van der Waals surface area contributed by atoms with Gasteiger partial charge < -0.3 is 4.74 Å². The zero-order valence-corrected chi connectivity index (χ0v) is 6.92. The lowest BCUT2D eigenvalue weighted by atomic mass is 10.3. The summed E-state index contributed by atoms with van der Waals surface area (Å²) in [6.45, 7) is -0.532. The van der Waals surface area contributed by atoms with Crippen molar-refractivity contribution in [1.82, 2.24) is 0 Å². The topological polar surface area (TPSA) is 26.3 Å². The normalized spacial score (nSPS) is 15.8. The highest BCUT2D eigenvalue weighted by Gasteiger charge is 2.76. The molecule has 0 aromatic rings. The van der Waals surface area contributed by atoms with Gasteiger partial charge in [-0.3, -0.25) is 0 Å². The number of esters is 1. The summed E-state index contributed by atoms with van der Waals surface area (Å²) >= 11 is 0. The summed E-state index contributed by atoms with van der Waals surface area (Å²) < 4.78 is 104. The van der Waals surface area contributed by atoms with Crippen LogP contribution in [0.1, 0.15) is 1.37 Å². The van der Waals surface area contributed by atoms with Crippen molar-refractivity contribution in [3.63, 3.8) is 0 Å². The molecule has 0 aliphatic rings. The molecule has 0 aliphatic heterocycles. The Labute approximate surface area is 83.9 Å². The van der Waals surface area contributed by atoms with Gasteiger partial charge in [-0.05, 0) is 0 Å². The molecule has 0 rings (SSSR count). The third kappa shape index (κ3) is 2.61. The van der Waals surface area contributed by atoms with E-state index in [1.54, 1.807) is 0 Å². The molecule has 0 saturated heterocycles. The zero-order valence-electron chi connectivity index (χ0n) is 7.92. The van der Waals surface area contributed by atoms with E-state index in [0.29, 0.717) is 0 Å². The molecule has 0 bridgehead atoms. The van der Waals surface area contributed by atoms with Crippen LogP contribution in [0.3, 0.4) is 0 Å². The van der Waals surface area contributed by atoms with Crippen molar-refractivity contribution in [2.75, 3.05) is 0 Å². The second kappa shape index (κ2) is 3.91. The molecule has 0 aliphatic carbocycles. The van der Waals surface area contributed by atoms with E-state index in [-0.39, 0.29) is 0 Å². The highest BCUT2D eigenvalue weighted by Crippen LogP contribution is 2.47. The average Bonchev–Trinajstić information content (AvgIpc) is 2.12. The first-order chi connectivity index (χ1) is 7.37. The Bertz CT molecular complexity index is 316. The van der Waals surface area contributed by atoms with Crippen molar-refractivity contribution in [2.24, 2.45) is 0 Å². The molecular formula is C6H2F8O2. The van der Waals surface area contributed by atoms with E-state index in [1.165, 1.54) is 0 Å². The van der Waals surface area contributed by atoms with Gasteiger partial charge in [0.1, 0.15) is 0 Å². The van der Waals surface area contributed by atoms with Gasteiger partial charge in [-0.2, -0.15) is 35.1 Å². The van der Waals surface area contributed by atoms with Crippen LogP contribution in [0.15, 0.2) is 12.4 Å². The summed E-state index contributed by atoms with van der Waals surface area (Å²) in [5.41, 5.74) is 0. The fourth-order valence-electron chi connectivity index (χ4n) is 0.453. The maximum atomic E-state index is 12.6. The summed E-state index contributed by atoms with van der Waals surface area (Å²) in [7, 11) is 0. The predicted molar refractivity (Wildman–Crippen MR) is 32.3 cm³/mol. The van der Waals surface area contributed by atoms with Gasteiger partial charge in [-0.15, -0.1) is 0 Å². The third-order valence-electron chi connectivity index (χ3n) is 1.16. The molecule has 0 unspecified atom stereocenters. The minimum absolute atomic E-state index is 0.532. The molecule has 0 aromatic carbocycles. The largest absolute Gasteiger partial charge is 0.470 e.